The average molecular weight is 251 g/mol. The van der Waals surface area contributed by atoms with E-state index in [1.807, 2.05) is 0 Å². The number of carbonyl (C=O) groups excluding carboxylic acids is 1. The summed E-state index contributed by atoms with van der Waals surface area (Å²) < 4.78 is 22.4. The van der Waals surface area contributed by atoms with E-state index >= 15 is 0 Å². The highest BCUT2D eigenvalue weighted by molar-refractivity contribution is 5.93. The maximum Gasteiger partial charge on any atom is 0.340 e. The summed E-state index contributed by atoms with van der Waals surface area (Å²) in [6, 6.07) is 3.74. The molecule has 94 valence electrons. The number of rotatable bonds is 4. The molecular formula is C11H10FN3O3. The highest BCUT2D eigenvalue weighted by atomic mass is 19.1. The van der Waals surface area contributed by atoms with Gasteiger partial charge >= 0.3 is 5.97 Å². The van der Waals surface area contributed by atoms with Crippen LogP contribution >= 0.6 is 0 Å². The molecule has 0 N–H and O–H groups in total. The van der Waals surface area contributed by atoms with Gasteiger partial charge in [0.2, 0.25) is 0 Å². The predicted octanol–water partition coefficient (Wildman–Crippen LogP) is 2.66. The zero-order chi connectivity index (χ0) is 13.5. The summed E-state index contributed by atoms with van der Waals surface area (Å²) in [6.07, 6.45) is 1.25. The Balaban J connectivity index is 3.27. The molecule has 0 aliphatic rings. The molecule has 1 aromatic rings. The third kappa shape index (κ3) is 3.23. The number of ether oxygens (including phenoxy) is 2. The van der Waals surface area contributed by atoms with E-state index in [9.17, 15) is 9.18 Å². The first kappa shape index (κ1) is 13.5. The Kier molecular flexibility index (Phi) is 4.71. The van der Waals surface area contributed by atoms with Gasteiger partial charge in [-0.2, -0.15) is 0 Å². The minimum atomic E-state index is -0.792. The number of hydrogen-bond acceptors (Lipinski definition) is 4. The molecule has 7 heteroatoms. The summed E-state index contributed by atoms with van der Waals surface area (Å²) in [4.78, 5) is 13.8. The lowest BCUT2D eigenvalue weighted by Crippen LogP contribution is -2.02. The van der Waals surface area contributed by atoms with Gasteiger partial charge in [-0.25, -0.2) is 9.18 Å². The van der Waals surface area contributed by atoms with E-state index in [0.29, 0.717) is 5.56 Å². The number of methoxy groups -OCH3 is 2. The second-order valence-corrected chi connectivity index (χ2v) is 3.10. The van der Waals surface area contributed by atoms with Crippen molar-refractivity contribution in [1.82, 2.24) is 0 Å². The van der Waals surface area contributed by atoms with E-state index in [-0.39, 0.29) is 11.4 Å². The molecule has 0 unspecified atom stereocenters. The molecule has 0 aliphatic carbocycles. The number of esters is 1. The van der Waals surface area contributed by atoms with E-state index in [4.69, 9.17) is 10.3 Å². The van der Waals surface area contributed by atoms with Crippen LogP contribution in [0.1, 0.15) is 5.56 Å². The minimum Gasteiger partial charge on any atom is -0.496 e. The standard InChI is InChI=1S/C11H10FN3O3/c1-17-10-6-8(12)4-3-7(10)5-9(14-15-13)11(16)18-2/h3-6H,1-2H3/b9-5-. The SMILES string of the molecule is COC(=O)/C(=C/c1ccc(F)cc1OC)N=[N+]=[N-]. The van der Waals surface area contributed by atoms with E-state index in [0.717, 1.165) is 13.2 Å². The van der Waals surface area contributed by atoms with Crippen molar-refractivity contribution < 1.29 is 18.7 Å². The molecule has 0 fully saturated rings. The summed E-state index contributed by atoms with van der Waals surface area (Å²) in [7, 11) is 2.52. The maximum absolute atomic E-state index is 13.0. The van der Waals surface area contributed by atoms with Crippen LogP contribution in [-0.4, -0.2) is 20.2 Å². The Bertz CT molecular complexity index is 536. The molecule has 0 aromatic heterocycles. The number of nitrogens with zero attached hydrogens (tertiary/aromatic N) is 3. The minimum absolute atomic E-state index is 0.213. The second-order valence-electron chi connectivity index (χ2n) is 3.10. The topological polar surface area (TPSA) is 84.3 Å². The average Bonchev–Trinajstić information content (AvgIpc) is 2.39. The predicted molar refractivity (Wildman–Crippen MR) is 62.1 cm³/mol. The van der Waals surface area contributed by atoms with Crippen LogP contribution in [-0.2, 0) is 9.53 Å². The number of halogens is 1. The van der Waals surface area contributed by atoms with Crippen LogP contribution < -0.4 is 4.74 Å². The summed E-state index contributed by atoms with van der Waals surface area (Å²) in [6.45, 7) is 0. The van der Waals surface area contributed by atoms with Gasteiger partial charge in [0.25, 0.3) is 0 Å². The molecule has 0 atom stereocenters. The van der Waals surface area contributed by atoms with Gasteiger partial charge in [-0.1, -0.05) is 5.11 Å². The first-order valence-electron chi connectivity index (χ1n) is 4.81. The zero-order valence-corrected chi connectivity index (χ0v) is 9.75. The van der Waals surface area contributed by atoms with Gasteiger partial charge in [0.1, 0.15) is 17.3 Å². The number of azide groups is 1. The lowest BCUT2D eigenvalue weighted by molar-refractivity contribution is -0.136. The highest BCUT2D eigenvalue weighted by Crippen LogP contribution is 2.22. The van der Waals surface area contributed by atoms with Crippen LogP contribution in [0.25, 0.3) is 16.5 Å². The molecule has 0 bridgehead atoms. The molecule has 1 aromatic carbocycles. The van der Waals surface area contributed by atoms with Crippen molar-refractivity contribution in [3.8, 4) is 5.75 Å². The van der Waals surface area contributed by atoms with Crippen LogP contribution in [0.5, 0.6) is 5.75 Å². The normalized spacial score (nSPS) is 10.5. The first-order chi connectivity index (χ1) is 8.62. The van der Waals surface area contributed by atoms with Crippen LogP contribution in [0.15, 0.2) is 29.0 Å². The summed E-state index contributed by atoms with van der Waals surface area (Å²) in [5.41, 5.74) is 8.50. The van der Waals surface area contributed by atoms with Gasteiger partial charge in [0, 0.05) is 16.5 Å². The van der Waals surface area contributed by atoms with Gasteiger partial charge in [0.15, 0.2) is 0 Å². The van der Waals surface area contributed by atoms with Gasteiger partial charge in [-0.3, -0.25) is 0 Å². The van der Waals surface area contributed by atoms with E-state index in [2.05, 4.69) is 14.8 Å². The van der Waals surface area contributed by atoms with Crippen LogP contribution in [0.2, 0.25) is 0 Å². The molecule has 0 saturated carbocycles. The van der Waals surface area contributed by atoms with E-state index < -0.39 is 11.8 Å². The molecule has 0 radical (unpaired) electrons. The Morgan fingerprint density at radius 3 is 2.78 bits per heavy atom. The Morgan fingerprint density at radius 1 is 1.50 bits per heavy atom. The molecule has 6 nitrogen and oxygen atoms in total. The summed E-state index contributed by atoms with van der Waals surface area (Å²) in [5, 5.41) is 3.21. The van der Waals surface area contributed by atoms with Crippen LogP contribution in [0, 0.1) is 5.82 Å². The van der Waals surface area contributed by atoms with Crippen molar-refractivity contribution in [3.05, 3.63) is 45.7 Å². The van der Waals surface area contributed by atoms with E-state index in [1.54, 1.807) is 0 Å². The monoisotopic (exact) mass is 251 g/mol. The third-order valence-corrected chi connectivity index (χ3v) is 2.03. The summed E-state index contributed by atoms with van der Waals surface area (Å²) >= 11 is 0. The molecular weight excluding hydrogens is 241 g/mol. The molecule has 0 amide bonds. The Hall–Kier alpha value is -2.53. The third-order valence-electron chi connectivity index (χ3n) is 2.03. The van der Waals surface area contributed by atoms with Crippen molar-refractivity contribution in [2.45, 2.75) is 0 Å². The quantitative estimate of drug-likeness (QED) is 0.271. The Morgan fingerprint density at radius 2 is 2.22 bits per heavy atom. The van der Waals surface area contributed by atoms with Crippen molar-refractivity contribution in [2.24, 2.45) is 5.11 Å². The number of benzene rings is 1. The van der Waals surface area contributed by atoms with E-state index in [1.165, 1.54) is 25.3 Å². The zero-order valence-electron chi connectivity index (χ0n) is 9.75. The number of hydrogen-bond donors (Lipinski definition) is 0. The van der Waals surface area contributed by atoms with Gasteiger partial charge in [0.05, 0.1) is 14.2 Å². The molecule has 0 heterocycles. The van der Waals surface area contributed by atoms with Gasteiger partial charge in [-0.05, 0) is 23.7 Å². The molecule has 0 saturated heterocycles. The van der Waals surface area contributed by atoms with Crippen molar-refractivity contribution in [3.63, 3.8) is 0 Å². The molecule has 18 heavy (non-hydrogen) atoms. The number of carbonyl (C=O) groups is 1. The fraction of sp³-hybridized carbons (Fsp3) is 0.182. The maximum atomic E-state index is 13.0. The van der Waals surface area contributed by atoms with Crippen molar-refractivity contribution >= 4 is 12.0 Å². The van der Waals surface area contributed by atoms with Gasteiger partial charge < -0.3 is 9.47 Å². The fourth-order valence-corrected chi connectivity index (χ4v) is 1.23. The van der Waals surface area contributed by atoms with Gasteiger partial charge in [-0.15, -0.1) is 0 Å². The summed E-state index contributed by atoms with van der Waals surface area (Å²) in [5.74, 6) is -1.06. The highest BCUT2D eigenvalue weighted by Gasteiger charge is 2.10. The Labute approximate surface area is 102 Å². The van der Waals surface area contributed by atoms with Crippen molar-refractivity contribution in [2.75, 3.05) is 14.2 Å². The smallest absolute Gasteiger partial charge is 0.340 e. The lowest BCUT2D eigenvalue weighted by atomic mass is 10.1. The molecule has 1 rings (SSSR count). The largest absolute Gasteiger partial charge is 0.496 e. The molecule has 0 aliphatic heterocycles. The van der Waals surface area contributed by atoms with Crippen LogP contribution in [0.3, 0.4) is 0 Å². The van der Waals surface area contributed by atoms with Crippen molar-refractivity contribution in [1.29, 1.82) is 0 Å². The molecule has 0 spiro atoms. The van der Waals surface area contributed by atoms with Crippen LogP contribution in [0.4, 0.5) is 4.39 Å². The first-order valence-corrected chi connectivity index (χ1v) is 4.81. The fourth-order valence-electron chi connectivity index (χ4n) is 1.23. The lowest BCUT2D eigenvalue weighted by Gasteiger charge is -2.05. The second kappa shape index (κ2) is 6.27.